The fourth-order valence-corrected chi connectivity index (χ4v) is 2.23. The molecule has 1 aromatic heterocycles. The maximum absolute atomic E-state index is 8.83. The van der Waals surface area contributed by atoms with Crippen LogP contribution in [0.15, 0.2) is 30.5 Å². The number of benzene rings is 1. The summed E-state index contributed by atoms with van der Waals surface area (Å²) in [5, 5.41) is 13.6. The maximum Gasteiger partial charge on any atom is 0.110 e. The van der Waals surface area contributed by atoms with Gasteiger partial charge in [0.05, 0.1) is 11.6 Å². The van der Waals surface area contributed by atoms with E-state index in [1.54, 1.807) is 0 Å². The average Bonchev–Trinajstić information content (AvgIpc) is 3.09. The topological polar surface area (TPSA) is 40.8 Å². The van der Waals surface area contributed by atoms with Crippen LogP contribution in [0.2, 0.25) is 0 Å². The summed E-state index contributed by atoms with van der Waals surface area (Å²) >= 11 is 0. The number of nitrogens with one attached hydrogen (secondary N) is 1. The van der Waals surface area contributed by atoms with Crippen LogP contribution in [0.4, 0.5) is 0 Å². The molecule has 0 saturated heterocycles. The van der Waals surface area contributed by atoms with Gasteiger partial charge in [-0.1, -0.05) is 18.2 Å². The van der Waals surface area contributed by atoms with Crippen LogP contribution in [-0.2, 0) is 13.1 Å². The fourth-order valence-electron chi connectivity index (χ4n) is 2.23. The molecule has 0 bridgehead atoms. The van der Waals surface area contributed by atoms with E-state index in [0.29, 0.717) is 12.6 Å². The number of hydrogen-bond acceptors (Lipinski definition) is 2. The van der Waals surface area contributed by atoms with Gasteiger partial charge < -0.3 is 9.88 Å². The highest BCUT2D eigenvalue weighted by Gasteiger charge is 2.20. The van der Waals surface area contributed by atoms with Gasteiger partial charge in [0.15, 0.2) is 0 Å². The number of para-hydroxylation sites is 1. The van der Waals surface area contributed by atoms with Gasteiger partial charge >= 0.3 is 0 Å². The molecule has 1 saturated carbocycles. The van der Waals surface area contributed by atoms with Gasteiger partial charge in [-0.2, -0.15) is 5.26 Å². The zero-order chi connectivity index (χ0) is 11.7. The van der Waals surface area contributed by atoms with Crippen molar-refractivity contribution in [3.63, 3.8) is 0 Å². The molecule has 3 rings (SSSR count). The Balaban J connectivity index is 1.96. The zero-order valence-corrected chi connectivity index (χ0v) is 9.69. The molecule has 0 unspecified atom stereocenters. The molecular weight excluding hydrogens is 210 g/mol. The van der Waals surface area contributed by atoms with Crippen molar-refractivity contribution in [2.75, 3.05) is 0 Å². The molecule has 1 heterocycles. The first-order valence-corrected chi connectivity index (χ1v) is 6.05. The van der Waals surface area contributed by atoms with Crippen molar-refractivity contribution >= 4 is 10.9 Å². The smallest absolute Gasteiger partial charge is 0.110 e. The number of nitrogens with zero attached hydrogens (tertiary/aromatic N) is 2. The molecule has 1 fully saturated rings. The van der Waals surface area contributed by atoms with Gasteiger partial charge in [-0.05, 0) is 29.9 Å². The van der Waals surface area contributed by atoms with Gasteiger partial charge in [-0.15, -0.1) is 0 Å². The van der Waals surface area contributed by atoms with E-state index >= 15 is 0 Å². The predicted molar refractivity (Wildman–Crippen MR) is 67.4 cm³/mol. The molecule has 86 valence electrons. The third-order valence-corrected chi connectivity index (χ3v) is 3.27. The van der Waals surface area contributed by atoms with E-state index < -0.39 is 0 Å². The number of hydrogen-bond donors (Lipinski definition) is 1. The van der Waals surface area contributed by atoms with Crippen LogP contribution < -0.4 is 5.32 Å². The Morgan fingerprint density at radius 3 is 3.00 bits per heavy atom. The molecule has 1 aliphatic rings. The molecule has 0 radical (unpaired) electrons. The highest BCUT2D eigenvalue weighted by atomic mass is 15.0. The Morgan fingerprint density at radius 2 is 2.24 bits per heavy atom. The Hall–Kier alpha value is -1.79. The molecule has 3 nitrogen and oxygen atoms in total. The zero-order valence-electron chi connectivity index (χ0n) is 9.69. The summed E-state index contributed by atoms with van der Waals surface area (Å²) in [5.74, 6) is 0. The first-order valence-electron chi connectivity index (χ1n) is 6.05. The quantitative estimate of drug-likeness (QED) is 0.868. The van der Waals surface area contributed by atoms with E-state index in [1.165, 1.54) is 29.3 Å². The van der Waals surface area contributed by atoms with Gasteiger partial charge in [-0.3, -0.25) is 0 Å². The van der Waals surface area contributed by atoms with Crippen LogP contribution in [0, 0.1) is 11.3 Å². The molecule has 3 heteroatoms. The van der Waals surface area contributed by atoms with Gasteiger partial charge in [0.2, 0.25) is 0 Å². The van der Waals surface area contributed by atoms with E-state index in [0.717, 1.165) is 6.54 Å². The van der Waals surface area contributed by atoms with Crippen molar-refractivity contribution in [2.24, 2.45) is 0 Å². The molecule has 0 spiro atoms. The minimum Gasteiger partial charge on any atom is -0.333 e. The minimum absolute atomic E-state index is 0.421. The van der Waals surface area contributed by atoms with Crippen LogP contribution in [-0.4, -0.2) is 10.6 Å². The SMILES string of the molecule is N#CCn1ccc2cccc(CNC3CC3)c21. The van der Waals surface area contributed by atoms with Crippen molar-refractivity contribution in [3.8, 4) is 6.07 Å². The summed E-state index contributed by atoms with van der Waals surface area (Å²) in [6, 6.07) is 11.3. The minimum atomic E-state index is 0.421. The predicted octanol–water partition coefficient (Wildman–Crippen LogP) is 2.42. The average molecular weight is 225 g/mol. The summed E-state index contributed by atoms with van der Waals surface area (Å²) in [4.78, 5) is 0. The third kappa shape index (κ3) is 2.04. The normalized spacial score (nSPS) is 15.0. The summed E-state index contributed by atoms with van der Waals surface area (Å²) in [7, 11) is 0. The van der Waals surface area contributed by atoms with Crippen molar-refractivity contribution in [2.45, 2.75) is 32.0 Å². The molecular formula is C14H15N3. The van der Waals surface area contributed by atoms with Gasteiger partial charge in [0.1, 0.15) is 6.54 Å². The van der Waals surface area contributed by atoms with Crippen LogP contribution in [0.25, 0.3) is 10.9 Å². The van der Waals surface area contributed by atoms with Crippen molar-refractivity contribution in [1.82, 2.24) is 9.88 Å². The van der Waals surface area contributed by atoms with E-state index in [1.807, 2.05) is 10.8 Å². The molecule has 0 atom stereocenters. The van der Waals surface area contributed by atoms with Crippen LogP contribution in [0.1, 0.15) is 18.4 Å². The molecule has 17 heavy (non-hydrogen) atoms. The van der Waals surface area contributed by atoms with Crippen LogP contribution in [0.5, 0.6) is 0 Å². The van der Waals surface area contributed by atoms with Crippen molar-refractivity contribution in [3.05, 3.63) is 36.0 Å². The molecule has 1 N–H and O–H groups in total. The summed E-state index contributed by atoms with van der Waals surface area (Å²) in [6.45, 7) is 1.32. The van der Waals surface area contributed by atoms with Crippen molar-refractivity contribution < 1.29 is 0 Å². The van der Waals surface area contributed by atoms with Crippen LogP contribution >= 0.6 is 0 Å². The molecule has 0 amide bonds. The highest BCUT2D eigenvalue weighted by molar-refractivity contribution is 5.83. The number of aromatic nitrogens is 1. The van der Waals surface area contributed by atoms with E-state index in [-0.39, 0.29) is 0 Å². The lowest BCUT2D eigenvalue weighted by atomic mass is 10.1. The van der Waals surface area contributed by atoms with E-state index in [2.05, 4.69) is 35.7 Å². The summed E-state index contributed by atoms with van der Waals surface area (Å²) < 4.78 is 2.03. The van der Waals surface area contributed by atoms with E-state index in [4.69, 9.17) is 5.26 Å². The summed E-state index contributed by atoms with van der Waals surface area (Å²) in [5.41, 5.74) is 2.48. The second-order valence-electron chi connectivity index (χ2n) is 4.61. The lowest BCUT2D eigenvalue weighted by molar-refractivity contribution is 0.687. The Bertz CT molecular complexity index is 573. The first-order chi connectivity index (χ1) is 8.38. The molecule has 1 aliphatic carbocycles. The number of fused-ring (bicyclic) bond motifs is 1. The Kier molecular flexibility index (Phi) is 2.58. The van der Waals surface area contributed by atoms with Gasteiger partial charge in [0.25, 0.3) is 0 Å². The van der Waals surface area contributed by atoms with Gasteiger partial charge in [0, 0.05) is 18.8 Å². The Morgan fingerprint density at radius 1 is 1.35 bits per heavy atom. The van der Waals surface area contributed by atoms with Crippen LogP contribution in [0.3, 0.4) is 0 Å². The standard InChI is InChI=1S/C14H15N3/c15-7-9-17-8-6-11-2-1-3-12(14(11)17)10-16-13-4-5-13/h1-3,6,8,13,16H,4-5,9-10H2. The third-order valence-electron chi connectivity index (χ3n) is 3.27. The molecule has 1 aromatic carbocycles. The van der Waals surface area contributed by atoms with Gasteiger partial charge in [-0.25, -0.2) is 0 Å². The second-order valence-corrected chi connectivity index (χ2v) is 4.61. The van der Waals surface area contributed by atoms with E-state index in [9.17, 15) is 0 Å². The summed E-state index contributed by atoms with van der Waals surface area (Å²) in [6.07, 6.45) is 4.60. The maximum atomic E-state index is 8.83. The fraction of sp³-hybridized carbons (Fsp3) is 0.357. The number of rotatable bonds is 4. The molecule has 0 aliphatic heterocycles. The Labute approximate surface area is 101 Å². The largest absolute Gasteiger partial charge is 0.333 e. The first kappa shape index (κ1) is 10.4. The lowest BCUT2D eigenvalue weighted by Gasteiger charge is -2.08. The lowest BCUT2D eigenvalue weighted by Crippen LogP contribution is -2.16. The monoisotopic (exact) mass is 225 g/mol. The van der Waals surface area contributed by atoms with Crippen molar-refractivity contribution in [1.29, 1.82) is 5.26 Å². The second kappa shape index (κ2) is 4.23. The molecule has 2 aromatic rings. The number of nitriles is 1. The highest BCUT2D eigenvalue weighted by Crippen LogP contribution is 2.23.